The van der Waals surface area contributed by atoms with Crippen molar-refractivity contribution in [1.29, 1.82) is 0 Å². The largest absolute Gasteiger partial charge is 0.321 e. The van der Waals surface area contributed by atoms with Crippen molar-refractivity contribution in [3.63, 3.8) is 0 Å². The fraction of sp³-hybridized carbons (Fsp3) is 0.333. The fourth-order valence-electron chi connectivity index (χ4n) is 1.68. The van der Waals surface area contributed by atoms with E-state index >= 15 is 0 Å². The molecule has 0 aliphatic heterocycles. The number of rotatable bonds is 5. The Kier molecular flexibility index (Phi) is 4.43. The average Bonchev–Trinajstić information content (AvgIpc) is 2.69. The van der Waals surface area contributed by atoms with Gasteiger partial charge in [-0.3, -0.25) is 0 Å². The summed E-state index contributed by atoms with van der Waals surface area (Å²) in [6.07, 6.45) is 2.48. The molecule has 0 radical (unpaired) electrons. The molecule has 2 aromatic rings. The van der Waals surface area contributed by atoms with Crippen molar-refractivity contribution < 1.29 is 4.39 Å². The van der Waals surface area contributed by atoms with Crippen molar-refractivity contribution in [1.82, 2.24) is 20.1 Å². The van der Waals surface area contributed by atoms with Crippen LogP contribution in [0.3, 0.4) is 0 Å². The van der Waals surface area contributed by atoms with E-state index in [4.69, 9.17) is 0 Å². The lowest BCUT2D eigenvalue weighted by Crippen LogP contribution is -2.18. The highest BCUT2D eigenvalue weighted by Gasteiger charge is 2.01. The van der Waals surface area contributed by atoms with Gasteiger partial charge in [0.1, 0.15) is 18.0 Å². The van der Waals surface area contributed by atoms with Gasteiger partial charge in [-0.2, -0.15) is 0 Å². The van der Waals surface area contributed by atoms with Crippen LogP contribution in [0.2, 0.25) is 0 Å². The summed E-state index contributed by atoms with van der Waals surface area (Å²) in [5.41, 5.74) is 0.917. The van der Waals surface area contributed by atoms with E-state index in [1.807, 2.05) is 17.7 Å². The second-order valence-electron chi connectivity index (χ2n) is 4.06. The number of nitrogens with zero attached hydrogens (tertiary/aromatic N) is 3. The van der Waals surface area contributed by atoms with Crippen molar-refractivity contribution in [3.05, 3.63) is 46.2 Å². The van der Waals surface area contributed by atoms with Crippen molar-refractivity contribution in [2.75, 3.05) is 6.54 Å². The highest BCUT2D eigenvalue weighted by molar-refractivity contribution is 9.10. The number of aryl methyl sites for hydroxylation is 1. The Balaban J connectivity index is 1.80. The van der Waals surface area contributed by atoms with Crippen LogP contribution >= 0.6 is 15.9 Å². The van der Waals surface area contributed by atoms with E-state index in [9.17, 15) is 4.39 Å². The molecule has 1 aromatic carbocycles. The number of halogens is 2. The summed E-state index contributed by atoms with van der Waals surface area (Å²) in [7, 11) is 1.92. The van der Waals surface area contributed by atoms with E-state index < -0.39 is 0 Å². The lowest BCUT2D eigenvalue weighted by molar-refractivity contribution is 0.616. The van der Waals surface area contributed by atoms with Gasteiger partial charge in [-0.1, -0.05) is 15.9 Å². The normalized spacial score (nSPS) is 10.8. The first kappa shape index (κ1) is 13.2. The van der Waals surface area contributed by atoms with Crippen molar-refractivity contribution in [2.24, 2.45) is 7.05 Å². The maximum Gasteiger partial charge on any atom is 0.133 e. The summed E-state index contributed by atoms with van der Waals surface area (Å²) in [6.45, 7) is 1.41. The van der Waals surface area contributed by atoms with Crippen molar-refractivity contribution >= 4 is 15.9 Å². The second-order valence-corrected chi connectivity index (χ2v) is 4.98. The third-order valence-electron chi connectivity index (χ3n) is 2.58. The zero-order valence-electron chi connectivity index (χ0n) is 10.0. The predicted octanol–water partition coefficient (Wildman–Crippen LogP) is 2.05. The number of nitrogens with one attached hydrogen (secondary N) is 1. The molecular formula is C12H14BrFN4. The van der Waals surface area contributed by atoms with E-state index in [1.54, 1.807) is 6.33 Å². The minimum Gasteiger partial charge on any atom is -0.321 e. The monoisotopic (exact) mass is 312 g/mol. The first-order valence-corrected chi connectivity index (χ1v) is 6.43. The summed E-state index contributed by atoms with van der Waals surface area (Å²) in [4.78, 5) is 0. The Morgan fingerprint density at radius 2 is 2.22 bits per heavy atom. The number of hydrogen-bond donors (Lipinski definition) is 1. The first-order chi connectivity index (χ1) is 8.65. The van der Waals surface area contributed by atoms with Gasteiger partial charge >= 0.3 is 0 Å². The first-order valence-electron chi connectivity index (χ1n) is 5.64. The molecule has 0 amide bonds. The zero-order valence-corrected chi connectivity index (χ0v) is 11.6. The zero-order chi connectivity index (χ0) is 13.0. The molecule has 6 heteroatoms. The maximum absolute atomic E-state index is 13.1. The van der Waals surface area contributed by atoms with Crippen LogP contribution in [0.25, 0.3) is 0 Å². The Bertz CT molecular complexity index is 506. The van der Waals surface area contributed by atoms with Crippen LogP contribution < -0.4 is 5.32 Å². The third kappa shape index (κ3) is 3.61. The summed E-state index contributed by atoms with van der Waals surface area (Å²) in [5.74, 6) is 0.706. The van der Waals surface area contributed by atoms with Gasteiger partial charge in [-0.05, 0) is 23.8 Å². The molecule has 1 N–H and O–H groups in total. The van der Waals surface area contributed by atoms with Crippen LogP contribution in [0.5, 0.6) is 0 Å². The molecule has 2 rings (SSSR count). The van der Waals surface area contributed by atoms with Gasteiger partial charge in [0.05, 0.1) is 0 Å². The summed E-state index contributed by atoms with van der Waals surface area (Å²) in [6, 6.07) is 4.88. The Labute approximate surface area is 113 Å². The highest BCUT2D eigenvalue weighted by Crippen LogP contribution is 2.14. The van der Waals surface area contributed by atoms with Crippen LogP contribution in [0.1, 0.15) is 11.4 Å². The van der Waals surface area contributed by atoms with Crippen molar-refractivity contribution in [2.45, 2.75) is 13.0 Å². The van der Waals surface area contributed by atoms with E-state index in [0.29, 0.717) is 6.54 Å². The third-order valence-corrected chi connectivity index (χ3v) is 3.04. The molecule has 0 aliphatic carbocycles. The number of aromatic nitrogens is 3. The lowest BCUT2D eigenvalue weighted by atomic mass is 10.2. The predicted molar refractivity (Wildman–Crippen MR) is 70.5 cm³/mol. The summed E-state index contributed by atoms with van der Waals surface area (Å²) in [5, 5.41) is 11.1. The topological polar surface area (TPSA) is 42.7 Å². The molecule has 0 saturated carbocycles. The molecule has 4 nitrogen and oxygen atoms in total. The van der Waals surface area contributed by atoms with Crippen LogP contribution in [0, 0.1) is 5.82 Å². The van der Waals surface area contributed by atoms with Gasteiger partial charge in [-0.25, -0.2) is 4.39 Å². The van der Waals surface area contributed by atoms with Gasteiger partial charge < -0.3 is 9.88 Å². The van der Waals surface area contributed by atoms with E-state index in [0.717, 1.165) is 28.8 Å². The van der Waals surface area contributed by atoms with Crippen LogP contribution in [-0.4, -0.2) is 21.3 Å². The average molecular weight is 313 g/mol. The lowest BCUT2D eigenvalue weighted by Gasteiger charge is -2.05. The molecule has 18 heavy (non-hydrogen) atoms. The van der Waals surface area contributed by atoms with Crippen LogP contribution in [0.15, 0.2) is 29.0 Å². The van der Waals surface area contributed by atoms with E-state index in [1.165, 1.54) is 12.1 Å². The smallest absolute Gasteiger partial charge is 0.133 e. The highest BCUT2D eigenvalue weighted by atomic mass is 79.9. The molecule has 0 fully saturated rings. The van der Waals surface area contributed by atoms with Gasteiger partial charge in [0.15, 0.2) is 0 Å². The van der Waals surface area contributed by atoms with Gasteiger partial charge in [0, 0.05) is 31.0 Å². The minimum atomic E-state index is -0.227. The fourth-order valence-corrected chi connectivity index (χ4v) is 2.19. The molecule has 0 aliphatic rings. The summed E-state index contributed by atoms with van der Waals surface area (Å²) < 4.78 is 15.8. The van der Waals surface area contributed by atoms with Gasteiger partial charge in [-0.15, -0.1) is 10.2 Å². The molecule has 96 valence electrons. The standard InChI is InChI=1S/C12H14BrFN4/c1-18-8-16-17-12(18)2-3-15-7-9-4-10(13)6-11(14)5-9/h4-6,8,15H,2-3,7H2,1H3. The Hall–Kier alpha value is -1.27. The molecule has 0 saturated heterocycles. The van der Waals surface area contributed by atoms with Gasteiger partial charge in [0.25, 0.3) is 0 Å². The van der Waals surface area contributed by atoms with E-state index in [2.05, 4.69) is 31.4 Å². The molecular weight excluding hydrogens is 299 g/mol. The number of benzene rings is 1. The molecule has 1 heterocycles. The second kappa shape index (κ2) is 6.06. The quantitative estimate of drug-likeness (QED) is 0.859. The van der Waals surface area contributed by atoms with Crippen LogP contribution in [0.4, 0.5) is 4.39 Å². The molecule has 0 unspecified atom stereocenters. The minimum absolute atomic E-state index is 0.227. The Morgan fingerprint density at radius 1 is 1.39 bits per heavy atom. The molecule has 1 aromatic heterocycles. The van der Waals surface area contributed by atoms with Gasteiger partial charge in [0.2, 0.25) is 0 Å². The SMILES string of the molecule is Cn1cnnc1CCNCc1cc(F)cc(Br)c1. The Morgan fingerprint density at radius 3 is 2.89 bits per heavy atom. The van der Waals surface area contributed by atoms with E-state index in [-0.39, 0.29) is 5.82 Å². The molecule has 0 bridgehead atoms. The number of hydrogen-bond acceptors (Lipinski definition) is 3. The molecule has 0 atom stereocenters. The van der Waals surface area contributed by atoms with Crippen LogP contribution in [-0.2, 0) is 20.0 Å². The summed E-state index contributed by atoms with van der Waals surface area (Å²) >= 11 is 3.27. The maximum atomic E-state index is 13.1. The van der Waals surface area contributed by atoms with Crippen molar-refractivity contribution in [3.8, 4) is 0 Å². The molecule has 0 spiro atoms.